The van der Waals surface area contributed by atoms with E-state index in [9.17, 15) is 27.5 Å². The fourth-order valence-corrected chi connectivity index (χ4v) is 3.91. The number of pyridine rings is 1. The molecule has 5 N–H and O–H groups in total. The van der Waals surface area contributed by atoms with Crippen molar-refractivity contribution < 1.29 is 42.0 Å². The third-order valence-electron chi connectivity index (χ3n) is 6.48. The average molecular weight is 578 g/mol. The van der Waals surface area contributed by atoms with E-state index in [-0.39, 0.29) is 41.9 Å². The monoisotopic (exact) mass is 577 g/mol. The van der Waals surface area contributed by atoms with Crippen LogP contribution in [0.25, 0.3) is 11.3 Å². The summed E-state index contributed by atoms with van der Waals surface area (Å²) < 4.78 is 68.0. The summed E-state index contributed by atoms with van der Waals surface area (Å²) in [4.78, 5) is 17.0. The van der Waals surface area contributed by atoms with Crippen molar-refractivity contribution in [2.24, 2.45) is 5.73 Å². The zero-order valence-corrected chi connectivity index (χ0v) is 22.5. The lowest BCUT2D eigenvalue weighted by atomic mass is 9.89. The Morgan fingerprint density at radius 3 is 2.34 bits per heavy atom. The van der Waals surface area contributed by atoms with E-state index in [0.29, 0.717) is 11.3 Å². The molecule has 1 fully saturated rings. The number of nitrogens with two attached hydrogens (primary N) is 1. The highest BCUT2D eigenvalue weighted by Gasteiger charge is 2.56. The van der Waals surface area contributed by atoms with E-state index in [2.05, 4.69) is 10.3 Å². The Balaban J connectivity index is 1.66. The third kappa shape index (κ3) is 7.13. The van der Waals surface area contributed by atoms with Crippen molar-refractivity contribution in [3.05, 3.63) is 77.2 Å². The summed E-state index contributed by atoms with van der Waals surface area (Å²) in [6.45, 7) is 1.48. The first-order chi connectivity index (χ1) is 19.2. The number of ether oxygens (including phenoxy) is 2. The molecule has 1 heterocycles. The van der Waals surface area contributed by atoms with Gasteiger partial charge >= 0.3 is 6.18 Å². The molecule has 0 aliphatic heterocycles. The van der Waals surface area contributed by atoms with Crippen molar-refractivity contribution in [3.8, 4) is 22.8 Å². The number of aliphatic hydroxyl groups is 2. The van der Waals surface area contributed by atoms with Crippen LogP contribution in [0.1, 0.15) is 48.3 Å². The van der Waals surface area contributed by atoms with Crippen molar-refractivity contribution in [2.45, 2.75) is 50.1 Å². The maximum Gasteiger partial charge on any atom is 0.424 e. The molecule has 0 radical (unpaired) electrons. The van der Waals surface area contributed by atoms with E-state index in [0.717, 1.165) is 31.0 Å². The molecule has 1 amide bonds. The lowest BCUT2D eigenvalue weighted by Gasteiger charge is -2.32. The minimum Gasteiger partial charge on any atom is -0.487 e. The van der Waals surface area contributed by atoms with Gasteiger partial charge in [-0.3, -0.25) is 4.79 Å². The van der Waals surface area contributed by atoms with Crippen LogP contribution >= 0.6 is 0 Å². The van der Waals surface area contributed by atoms with Crippen molar-refractivity contribution in [3.63, 3.8) is 0 Å². The van der Waals surface area contributed by atoms with Gasteiger partial charge in [-0.15, -0.1) is 0 Å². The lowest BCUT2D eigenvalue weighted by molar-refractivity contribution is -0.265. The standard InChI is InChI=1S/C29H31F4N3O5/c1-27(2,34)19-14-22(17-3-6-20(30)7-4-17)36-25(15-19)28(39,29(31,32)33)16-35-26(38)18-5-10-23(41-21-8-9-21)24(13-18)40-12-11-37/h3-7,10,13-15,21,37,39H,8-9,11-12,16,34H2,1-2H3,(H,35,38)/t28-/m0/s1. The molecule has 12 heteroatoms. The summed E-state index contributed by atoms with van der Waals surface area (Å²) in [6, 6.07) is 11.6. The Morgan fingerprint density at radius 2 is 1.76 bits per heavy atom. The molecule has 1 aliphatic rings. The Hall–Kier alpha value is -3.74. The van der Waals surface area contributed by atoms with E-state index in [1.165, 1.54) is 36.4 Å². The molecular formula is C29H31F4N3O5. The van der Waals surface area contributed by atoms with Gasteiger partial charge < -0.3 is 30.7 Å². The molecule has 41 heavy (non-hydrogen) atoms. The number of rotatable bonds is 11. The molecule has 220 valence electrons. The molecule has 0 saturated heterocycles. The van der Waals surface area contributed by atoms with E-state index >= 15 is 0 Å². The second-order valence-electron chi connectivity index (χ2n) is 10.4. The van der Waals surface area contributed by atoms with Gasteiger partial charge in [0.15, 0.2) is 11.5 Å². The van der Waals surface area contributed by atoms with Gasteiger partial charge in [-0.1, -0.05) is 0 Å². The minimum atomic E-state index is -5.26. The number of hydrogen-bond acceptors (Lipinski definition) is 7. The van der Waals surface area contributed by atoms with E-state index in [4.69, 9.17) is 20.3 Å². The van der Waals surface area contributed by atoms with Gasteiger partial charge in [0.1, 0.15) is 12.4 Å². The first-order valence-electron chi connectivity index (χ1n) is 12.9. The molecule has 0 unspecified atom stereocenters. The van der Waals surface area contributed by atoms with E-state index in [1.54, 1.807) is 13.8 Å². The highest BCUT2D eigenvalue weighted by molar-refractivity contribution is 5.95. The number of amides is 1. The minimum absolute atomic E-state index is 0.00880. The first-order valence-corrected chi connectivity index (χ1v) is 12.9. The molecule has 1 aromatic heterocycles. The molecule has 1 saturated carbocycles. The number of nitrogens with one attached hydrogen (secondary N) is 1. The first kappa shape index (κ1) is 30.2. The molecule has 1 aliphatic carbocycles. The van der Waals surface area contributed by atoms with Crippen molar-refractivity contribution in [1.82, 2.24) is 10.3 Å². The number of benzene rings is 2. The fourth-order valence-electron chi connectivity index (χ4n) is 3.91. The Morgan fingerprint density at radius 1 is 1.07 bits per heavy atom. The Labute approximate surface area is 234 Å². The normalized spacial score (nSPS) is 15.2. The van der Waals surface area contributed by atoms with Crippen LogP contribution in [0.5, 0.6) is 11.5 Å². The van der Waals surface area contributed by atoms with Gasteiger partial charge in [-0.25, -0.2) is 9.37 Å². The van der Waals surface area contributed by atoms with Crippen LogP contribution in [0.2, 0.25) is 0 Å². The summed E-state index contributed by atoms with van der Waals surface area (Å²) >= 11 is 0. The highest BCUT2D eigenvalue weighted by atomic mass is 19.4. The molecule has 1 atom stereocenters. The van der Waals surface area contributed by atoms with Crippen LogP contribution in [-0.4, -0.2) is 53.1 Å². The second kappa shape index (κ2) is 11.6. The van der Waals surface area contributed by atoms with Crippen LogP contribution in [0.3, 0.4) is 0 Å². The quantitative estimate of drug-likeness (QED) is 0.252. The summed E-state index contributed by atoms with van der Waals surface area (Å²) in [7, 11) is 0. The summed E-state index contributed by atoms with van der Waals surface area (Å²) in [5, 5.41) is 22.3. The molecule has 8 nitrogen and oxygen atoms in total. The van der Waals surface area contributed by atoms with Crippen LogP contribution < -0.4 is 20.5 Å². The van der Waals surface area contributed by atoms with Gasteiger partial charge in [0.2, 0.25) is 5.60 Å². The fraction of sp³-hybridized carbons (Fsp3) is 0.379. The van der Waals surface area contributed by atoms with Crippen molar-refractivity contribution in [2.75, 3.05) is 19.8 Å². The van der Waals surface area contributed by atoms with Gasteiger partial charge in [-0.05, 0) is 86.8 Å². The van der Waals surface area contributed by atoms with Crippen molar-refractivity contribution in [1.29, 1.82) is 0 Å². The number of nitrogens with zero attached hydrogens (tertiary/aromatic N) is 1. The summed E-state index contributed by atoms with van der Waals surface area (Å²) in [6.07, 6.45) is -3.54. The van der Waals surface area contributed by atoms with E-state index in [1.807, 2.05) is 0 Å². The zero-order chi connectivity index (χ0) is 30.0. The van der Waals surface area contributed by atoms with E-state index < -0.39 is 41.3 Å². The number of carbonyl (C=O) groups excluding carboxylic acids is 1. The topological polar surface area (TPSA) is 127 Å². The van der Waals surface area contributed by atoms with Crippen LogP contribution in [0.15, 0.2) is 54.6 Å². The number of aliphatic hydroxyl groups excluding tert-OH is 1. The molecular weight excluding hydrogens is 546 g/mol. The largest absolute Gasteiger partial charge is 0.487 e. The van der Waals surface area contributed by atoms with Gasteiger partial charge in [0.05, 0.1) is 30.6 Å². The van der Waals surface area contributed by atoms with Gasteiger partial charge in [-0.2, -0.15) is 13.2 Å². The maximum atomic E-state index is 14.5. The molecule has 4 rings (SSSR count). The number of aromatic nitrogens is 1. The average Bonchev–Trinajstić information content (AvgIpc) is 3.74. The number of hydrogen-bond donors (Lipinski definition) is 4. The lowest BCUT2D eigenvalue weighted by Crippen LogP contribution is -2.51. The predicted molar refractivity (Wildman–Crippen MR) is 142 cm³/mol. The van der Waals surface area contributed by atoms with Gasteiger partial charge in [0.25, 0.3) is 5.91 Å². The third-order valence-corrected chi connectivity index (χ3v) is 6.48. The zero-order valence-electron chi connectivity index (χ0n) is 22.5. The maximum absolute atomic E-state index is 14.5. The number of alkyl halides is 3. The molecule has 3 aromatic rings. The highest BCUT2D eigenvalue weighted by Crippen LogP contribution is 2.40. The predicted octanol–water partition coefficient (Wildman–Crippen LogP) is 4.17. The van der Waals surface area contributed by atoms with Crippen LogP contribution in [-0.2, 0) is 11.1 Å². The molecule has 0 spiro atoms. The van der Waals surface area contributed by atoms with Crippen LogP contribution in [0, 0.1) is 5.82 Å². The molecule has 2 aromatic carbocycles. The number of halogens is 4. The van der Waals surface area contributed by atoms with Crippen LogP contribution in [0.4, 0.5) is 17.6 Å². The summed E-state index contributed by atoms with van der Waals surface area (Å²) in [5.74, 6) is -0.986. The van der Waals surface area contributed by atoms with Gasteiger partial charge in [0, 0.05) is 16.7 Å². The Bertz CT molecular complexity index is 1390. The van der Waals surface area contributed by atoms with Crippen molar-refractivity contribution >= 4 is 5.91 Å². The SMILES string of the molecule is CC(C)(N)c1cc(-c2ccc(F)cc2)nc([C@@](O)(CNC(=O)c2ccc(OC3CC3)c(OCCO)c2)C(F)(F)F)c1. The molecule has 0 bridgehead atoms. The second-order valence-corrected chi connectivity index (χ2v) is 10.4. The Kier molecular flexibility index (Phi) is 8.57. The number of carbonyl (C=O) groups is 1. The smallest absolute Gasteiger partial charge is 0.424 e. The summed E-state index contributed by atoms with van der Waals surface area (Å²) in [5.41, 5.74) is 1.17.